The van der Waals surface area contributed by atoms with Crippen molar-refractivity contribution in [3.63, 3.8) is 0 Å². The van der Waals surface area contributed by atoms with Gasteiger partial charge in [-0.05, 0) is 6.92 Å². The molecule has 0 fully saturated rings. The smallest absolute Gasteiger partial charge is 0.347 e. The van der Waals surface area contributed by atoms with Crippen LogP contribution < -0.4 is 0 Å². The fourth-order valence-corrected chi connectivity index (χ4v) is 0.845. The summed E-state index contributed by atoms with van der Waals surface area (Å²) in [6.07, 6.45) is -1.03. The van der Waals surface area contributed by atoms with E-state index in [1.807, 2.05) is 0 Å². The lowest BCUT2D eigenvalue weighted by Crippen LogP contribution is -2.28. The first-order valence-electron chi connectivity index (χ1n) is 5.15. The minimum atomic E-state index is -1.03. The molecule has 0 bridgehead atoms. The summed E-state index contributed by atoms with van der Waals surface area (Å²) in [7, 11) is 1.56. The van der Waals surface area contributed by atoms with E-state index in [0.717, 1.165) is 0 Å². The average molecular weight is 250 g/mol. The van der Waals surface area contributed by atoms with Gasteiger partial charge in [0.15, 0.2) is 6.10 Å². The highest BCUT2D eigenvalue weighted by Crippen LogP contribution is 1.95. The van der Waals surface area contributed by atoms with E-state index in [2.05, 4.69) is 4.74 Å². The molecule has 0 heterocycles. The quantitative estimate of drug-likeness (QED) is 0.419. The second-order valence-corrected chi connectivity index (χ2v) is 3.06. The average Bonchev–Trinajstić information content (AvgIpc) is 2.32. The number of aliphatic hydroxyl groups excluding tert-OH is 1. The van der Waals surface area contributed by atoms with Gasteiger partial charge in [0.2, 0.25) is 0 Å². The van der Waals surface area contributed by atoms with Crippen LogP contribution in [-0.4, -0.2) is 63.3 Å². The number of aliphatic hydroxyl groups is 1. The number of carbonyl (C=O) groups excluding carboxylic acids is 2. The Morgan fingerprint density at radius 3 is 2.41 bits per heavy atom. The Balaban J connectivity index is 3.54. The number of hydrogen-bond donors (Lipinski definition) is 1. The number of esters is 2. The monoisotopic (exact) mass is 250 g/mol. The molecule has 0 aromatic heterocycles. The molecule has 7 heteroatoms. The second-order valence-electron chi connectivity index (χ2n) is 3.06. The molecule has 0 spiro atoms. The third-order valence-electron chi connectivity index (χ3n) is 1.67. The number of rotatable bonds is 9. The lowest BCUT2D eigenvalue weighted by Gasteiger charge is -2.11. The Kier molecular flexibility index (Phi) is 9.31. The Morgan fingerprint density at radius 2 is 1.82 bits per heavy atom. The molecule has 0 saturated carbocycles. The van der Waals surface area contributed by atoms with Crippen molar-refractivity contribution >= 4 is 11.9 Å². The van der Waals surface area contributed by atoms with Crippen LogP contribution in [0.4, 0.5) is 0 Å². The highest BCUT2D eigenvalue weighted by atomic mass is 16.6. The molecule has 0 amide bonds. The van der Waals surface area contributed by atoms with Gasteiger partial charge in [-0.25, -0.2) is 9.59 Å². The van der Waals surface area contributed by atoms with Crippen molar-refractivity contribution in [2.24, 2.45) is 0 Å². The van der Waals surface area contributed by atoms with E-state index in [0.29, 0.717) is 13.2 Å². The molecule has 0 saturated heterocycles. The molecule has 17 heavy (non-hydrogen) atoms. The zero-order valence-electron chi connectivity index (χ0n) is 10.0. The van der Waals surface area contributed by atoms with Gasteiger partial charge in [-0.3, -0.25) is 0 Å². The molecule has 0 aliphatic carbocycles. The highest BCUT2D eigenvalue weighted by Gasteiger charge is 2.18. The van der Waals surface area contributed by atoms with E-state index in [4.69, 9.17) is 19.3 Å². The lowest BCUT2D eigenvalue weighted by molar-refractivity contribution is -0.169. The molecule has 1 atom stereocenters. The molecule has 100 valence electrons. The molecule has 0 aliphatic rings. The molecule has 1 unspecified atom stereocenters. The van der Waals surface area contributed by atoms with Crippen LogP contribution in [0.25, 0.3) is 0 Å². The second kappa shape index (κ2) is 10.0. The van der Waals surface area contributed by atoms with Gasteiger partial charge in [-0.1, -0.05) is 0 Å². The number of hydrogen-bond acceptors (Lipinski definition) is 7. The van der Waals surface area contributed by atoms with Gasteiger partial charge in [-0.15, -0.1) is 0 Å². The van der Waals surface area contributed by atoms with Gasteiger partial charge < -0.3 is 24.1 Å². The summed E-state index contributed by atoms with van der Waals surface area (Å²) in [6, 6.07) is 0. The maximum atomic E-state index is 11.2. The van der Waals surface area contributed by atoms with Crippen LogP contribution in [-0.2, 0) is 28.5 Å². The molecule has 7 nitrogen and oxygen atoms in total. The van der Waals surface area contributed by atoms with E-state index in [-0.39, 0.29) is 13.2 Å². The molecule has 0 aromatic carbocycles. The predicted octanol–water partition coefficient (Wildman–Crippen LogP) is -0.883. The van der Waals surface area contributed by atoms with Crippen molar-refractivity contribution in [1.29, 1.82) is 0 Å². The van der Waals surface area contributed by atoms with E-state index in [1.165, 1.54) is 6.92 Å². The summed E-state index contributed by atoms with van der Waals surface area (Å²) < 4.78 is 19.1. The third-order valence-corrected chi connectivity index (χ3v) is 1.67. The van der Waals surface area contributed by atoms with Gasteiger partial charge in [0.1, 0.15) is 13.2 Å². The van der Waals surface area contributed by atoms with Crippen LogP contribution in [0.5, 0.6) is 0 Å². The fourth-order valence-electron chi connectivity index (χ4n) is 0.845. The van der Waals surface area contributed by atoms with Crippen LogP contribution >= 0.6 is 0 Å². The maximum Gasteiger partial charge on any atom is 0.347 e. The summed E-state index contributed by atoms with van der Waals surface area (Å²) in [4.78, 5) is 21.9. The Bertz CT molecular complexity index is 229. The van der Waals surface area contributed by atoms with Crippen LogP contribution in [0.1, 0.15) is 6.92 Å². The van der Waals surface area contributed by atoms with Crippen molar-refractivity contribution in [3.05, 3.63) is 0 Å². The van der Waals surface area contributed by atoms with Crippen molar-refractivity contribution in [1.82, 2.24) is 0 Å². The summed E-state index contributed by atoms with van der Waals surface area (Å²) >= 11 is 0. The first-order valence-corrected chi connectivity index (χ1v) is 5.15. The molecular weight excluding hydrogens is 232 g/mol. The van der Waals surface area contributed by atoms with Gasteiger partial charge in [-0.2, -0.15) is 0 Å². The Hall–Kier alpha value is -1.18. The van der Waals surface area contributed by atoms with Gasteiger partial charge >= 0.3 is 11.9 Å². The zero-order valence-corrected chi connectivity index (χ0v) is 10.0. The standard InChI is InChI=1S/C10H18O7/c1-8(17-9(12)7-11)10(13)16-6-5-15-4-3-14-2/h8,11H,3-7H2,1-2H3. The zero-order chi connectivity index (χ0) is 13.1. The van der Waals surface area contributed by atoms with E-state index in [9.17, 15) is 9.59 Å². The summed E-state index contributed by atoms with van der Waals surface area (Å²) in [5.41, 5.74) is 0. The lowest BCUT2D eigenvalue weighted by atomic mass is 10.4. The van der Waals surface area contributed by atoms with Crippen molar-refractivity contribution in [2.75, 3.05) is 40.1 Å². The van der Waals surface area contributed by atoms with Crippen molar-refractivity contribution < 1.29 is 33.6 Å². The van der Waals surface area contributed by atoms with E-state index < -0.39 is 24.6 Å². The van der Waals surface area contributed by atoms with Crippen LogP contribution in [0, 0.1) is 0 Å². The molecule has 0 rings (SSSR count). The third kappa shape index (κ3) is 8.61. The normalized spacial score (nSPS) is 11.9. The van der Waals surface area contributed by atoms with Gasteiger partial charge in [0.25, 0.3) is 0 Å². The van der Waals surface area contributed by atoms with Crippen LogP contribution in [0.15, 0.2) is 0 Å². The topological polar surface area (TPSA) is 91.3 Å². The van der Waals surface area contributed by atoms with Crippen molar-refractivity contribution in [2.45, 2.75) is 13.0 Å². The summed E-state index contributed by atoms with van der Waals surface area (Å²) in [5, 5.41) is 8.40. The van der Waals surface area contributed by atoms with Crippen LogP contribution in [0.3, 0.4) is 0 Å². The van der Waals surface area contributed by atoms with Gasteiger partial charge in [0.05, 0.1) is 19.8 Å². The molecule has 0 aromatic rings. The van der Waals surface area contributed by atoms with Gasteiger partial charge in [0, 0.05) is 7.11 Å². The largest absolute Gasteiger partial charge is 0.461 e. The maximum absolute atomic E-state index is 11.2. The predicted molar refractivity (Wildman–Crippen MR) is 56.3 cm³/mol. The SMILES string of the molecule is COCCOCCOC(=O)C(C)OC(=O)CO. The Labute approximate surface area is 99.6 Å². The molecule has 0 aliphatic heterocycles. The minimum Gasteiger partial charge on any atom is -0.461 e. The van der Waals surface area contributed by atoms with Crippen molar-refractivity contribution in [3.8, 4) is 0 Å². The van der Waals surface area contributed by atoms with E-state index >= 15 is 0 Å². The highest BCUT2D eigenvalue weighted by molar-refractivity contribution is 5.79. The summed E-state index contributed by atoms with van der Waals surface area (Å²) in [6.45, 7) is 1.81. The molecule has 0 radical (unpaired) electrons. The van der Waals surface area contributed by atoms with Crippen LogP contribution in [0.2, 0.25) is 0 Å². The molecule has 1 N–H and O–H groups in total. The minimum absolute atomic E-state index is 0.0730. The Morgan fingerprint density at radius 1 is 1.18 bits per heavy atom. The first-order chi connectivity index (χ1) is 8.11. The van der Waals surface area contributed by atoms with E-state index in [1.54, 1.807) is 7.11 Å². The molecular formula is C10H18O7. The number of carbonyl (C=O) groups is 2. The number of ether oxygens (including phenoxy) is 4. The first kappa shape index (κ1) is 15.8. The fraction of sp³-hybridized carbons (Fsp3) is 0.800. The number of methoxy groups -OCH3 is 1. The summed E-state index contributed by atoms with van der Waals surface area (Å²) in [5.74, 6) is -1.55.